The van der Waals surface area contributed by atoms with E-state index in [0.717, 1.165) is 12.0 Å². The Labute approximate surface area is 229 Å². The van der Waals surface area contributed by atoms with Gasteiger partial charge in [-0.1, -0.05) is 49.7 Å². The number of halogens is 1. The van der Waals surface area contributed by atoms with Gasteiger partial charge in [-0.25, -0.2) is 4.39 Å². The third-order valence-corrected chi connectivity index (χ3v) is 8.77. The van der Waals surface area contributed by atoms with Crippen LogP contribution >= 0.6 is 0 Å². The van der Waals surface area contributed by atoms with Crippen molar-refractivity contribution in [1.29, 1.82) is 0 Å². The molecule has 3 unspecified atom stereocenters. The van der Waals surface area contributed by atoms with Crippen molar-refractivity contribution in [1.82, 2.24) is 10.6 Å². The molecule has 208 valence electrons. The second-order valence-corrected chi connectivity index (χ2v) is 11.6. The standard InChI is InChI=1S/C31H38FN3O4/c1-19(30(38)33-24-18-21-12-13-22(24)16-21)15-27(36)25(17-20-7-3-2-4-8-20)34-31(39)23-9-5-10-26(29(23)32)35-14-6-11-28(35)37/h2-5,7-10,19,21-22,24-25,27,36H,6,11-18H2,1H3,(H,33,38)(H,34,39)/t19-,21?,22?,24?,25+,27+/m1/s1. The molecule has 1 aliphatic heterocycles. The second-order valence-electron chi connectivity index (χ2n) is 11.6. The van der Waals surface area contributed by atoms with Crippen LogP contribution in [0.2, 0.25) is 0 Å². The second kappa shape index (κ2) is 11.9. The van der Waals surface area contributed by atoms with Gasteiger partial charge in [0.25, 0.3) is 5.91 Å². The lowest BCUT2D eigenvalue weighted by Crippen LogP contribution is -2.47. The molecule has 3 N–H and O–H groups in total. The highest BCUT2D eigenvalue weighted by atomic mass is 19.1. The van der Waals surface area contributed by atoms with Crippen molar-refractivity contribution in [3.05, 3.63) is 65.5 Å². The Morgan fingerprint density at radius 3 is 2.56 bits per heavy atom. The molecule has 8 heteroatoms. The van der Waals surface area contributed by atoms with Gasteiger partial charge < -0.3 is 20.6 Å². The Balaban J connectivity index is 1.28. The predicted molar refractivity (Wildman–Crippen MR) is 147 cm³/mol. The summed E-state index contributed by atoms with van der Waals surface area (Å²) in [7, 11) is 0. The Hall–Kier alpha value is -3.26. The van der Waals surface area contributed by atoms with E-state index in [4.69, 9.17) is 0 Å². The van der Waals surface area contributed by atoms with Gasteiger partial charge in [0.1, 0.15) is 0 Å². The van der Waals surface area contributed by atoms with Crippen molar-refractivity contribution in [3.8, 4) is 0 Å². The zero-order chi connectivity index (χ0) is 27.5. The molecular formula is C31H38FN3O4. The number of aliphatic hydroxyl groups is 1. The maximum atomic E-state index is 15.4. The molecule has 0 spiro atoms. The average Bonchev–Trinajstić information content (AvgIpc) is 3.66. The number of rotatable bonds is 10. The van der Waals surface area contributed by atoms with Gasteiger partial charge in [0.15, 0.2) is 5.82 Å². The van der Waals surface area contributed by atoms with Crippen LogP contribution in [0.4, 0.5) is 10.1 Å². The third kappa shape index (κ3) is 6.16. The number of aliphatic hydroxyl groups excluding tert-OH is 1. The summed E-state index contributed by atoms with van der Waals surface area (Å²) >= 11 is 0. The lowest BCUT2D eigenvalue weighted by molar-refractivity contribution is -0.126. The lowest BCUT2D eigenvalue weighted by Gasteiger charge is -2.28. The molecule has 5 rings (SSSR count). The highest BCUT2D eigenvalue weighted by molar-refractivity contribution is 5.99. The maximum absolute atomic E-state index is 15.4. The number of nitrogens with zero attached hydrogens (tertiary/aromatic N) is 1. The molecule has 3 amide bonds. The van der Waals surface area contributed by atoms with Crippen LogP contribution in [-0.4, -0.2) is 47.6 Å². The van der Waals surface area contributed by atoms with E-state index >= 15 is 4.39 Å². The summed E-state index contributed by atoms with van der Waals surface area (Å²) in [5, 5.41) is 17.3. The zero-order valence-corrected chi connectivity index (χ0v) is 22.4. The summed E-state index contributed by atoms with van der Waals surface area (Å²) < 4.78 is 15.4. The molecule has 2 saturated carbocycles. The fraction of sp³-hybridized carbons (Fsp3) is 0.516. The normalized spacial score (nSPS) is 24.4. The van der Waals surface area contributed by atoms with Crippen molar-refractivity contribution in [2.75, 3.05) is 11.4 Å². The van der Waals surface area contributed by atoms with Gasteiger partial charge in [-0.05, 0) is 68.1 Å². The van der Waals surface area contributed by atoms with Gasteiger partial charge >= 0.3 is 0 Å². The molecule has 2 aromatic carbocycles. The van der Waals surface area contributed by atoms with Crippen LogP contribution in [0, 0.1) is 23.6 Å². The molecule has 2 aromatic rings. The first-order valence-electron chi connectivity index (χ1n) is 14.2. The monoisotopic (exact) mass is 535 g/mol. The van der Waals surface area contributed by atoms with Crippen molar-refractivity contribution >= 4 is 23.4 Å². The van der Waals surface area contributed by atoms with Gasteiger partial charge in [0, 0.05) is 24.9 Å². The van der Waals surface area contributed by atoms with E-state index in [1.54, 1.807) is 13.0 Å². The molecule has 7 nitrogen and oxygen atoms in total. The number of carbonyl (C=O) groups excluding carboxylic acids is 3. The number of nitrogens with one attached hydrogen (secondary N) is 2. The van der Waals surface area contributed by atoms with E-state index in [1.807, 2.05) is 30.3 Å². The topological polar surface area (TPSA) is 98.7 Å². The lowest BCUT2D eigenvalue weighted by atomic mass is 9.91. The first kappa shape index (κ1) is 27.3. The highest BCUT2D eigenvalue weighted by Crippen LogP contribution is 2.44. The Bertz CT molecular complexity index is 1210. The van der Waals surface area contributed by atoms with Gasteiger partial charge in [-0.2, -0.15) is 0 Å². The Morgan fingerprint density at radius 2 is 1.90 bits per heavy atom. The number of benzene rings is 2. The fourth-order valence-corrected chi connectivity index (χ4v) is 6.58. The summed E-state index contributed by atoms with van der Waals surface area (Å²) in [5.74, 6) is -0.837. The Morgan fingerprint density at radius 1 is 1.10 bits per heavy atom. The van der Waals surface area contributed by atoms with E-state index < -0.39 is 29.8 Å². The molecule has 1 heterocycles. The number of hydrogen-bond acceptors (Lipinski definition) is 4. The molecule has 2 bridgehead atoms. The fourth-order valence-electron chi connectivity index (χ4n) is 6.58. The SMILES string of the molecule is C[C@H](C[C@H](O)[C@H](Cc1ccccc1)NC(=O)c1cccc(N2CCCC2=O)c1F)C(=O)NC1CC2CCC1C2. The van der Waals surface area contributed by atoms with Gasteiger partial charge in [-0.15, -0.1) is 0 Å². The van der Waals surface area contributed by atoms with Gasteiger partial charge in [-0.3, -0.25) is 14.4 Å². The summed E-state index contributed by atoms with van der Waals surface area (Å²) in [5.41, 5.74) is 0.813. The molecule has 0 aromatic heterocycles. The van der Waals surface area contributed by atoms with E-state index in [-0.39, 0.29) is 35.5 Å². The van der Waals surface area contributed by atoms with E-state index in [1.165, 1.54) is 36.3 Å². The van der Waals surface area contributed by atoms with Crippen LogP contribution in [0.25, 0.3) is 0 Å². The average molecular weight is 536 g/mol. The first-order valence-corrected chi connectivity index (χ1v) is 14.2. The molecule has 39 heavy (non-hydrogen) atoms. The van der Waals surface area contributed by atoms with Crippen LogP contribution in [0.1, 0.15) is 67.8 Å². The molecule has 3 fully saturated rings. The van der Waals surface area contributed by atoms with Crippen molar-refractivity contribution < 1.29 is 23.9 Å². The third-order valence-electron chi connectivity index (χ3n) is 8.77. The maximum Gasteiger partial charge on any atom is 0.254 e. The number of carbonyl (C=O) groups is 3. The smallest absolute Gasteiger partial charge is 0.254 e. The van der Waals surface area contributed by atoms with Gasteiger partial charge in [0.05, 0.1) is 23.4 Å². The van der Waals surface area contributed by atoms with Gasteiger partial charge in [0.2, 0.25) is 11.8 Å². The minimum absolute atomic E-state index is 0.0783. The van der Waals surface area contributed by atoms with Crippen molar-refractivity contribution in [3.63, 3.8) is 0 Å². The summed E-state index contributed by atoms with van der Waals surface area (Å²) in [6.45, 7) is 2.21. The van der Waals surface area contributed by atoms with Crippen molar-refractivity contribution in [2.45, 2.75) is 76.5 Å². The van der Waals surface area contributed by atoms with E-state index in [0.29, 0.717) is 37.6 Å². The molecule has 1 saturated heterocycles. The molecule has 0 radical (unpaired) electrons. The number of anilines is 1. The number of hydrogen-bond donors (Lipinski definition) is 3. The summed E-state index contributed by atoms with van der Waals surface area (Å²) in [6.07, 6.45) is 5.11. The predicted octanol–water partition coefficient (Wildman–Crippen LogP) is 3.99. The molecule has 6 atom stereocenters. The van der Waals surface area contributed by atoms with Crippen LogP contribution in [0.5, 0.6) is 0 Å². The summed E-state index contributed by atoms with van der Waals surface area (Å²) in [4.78, 5) is 39.8. The number of amides is 3. The molecular weight excluding hydrogens is 497 g/mol. The minimum atomic E-state index is -1.03. The highest BCUT2D eigenvalue weighted by Gasteiger charge is 2.40. The van der Waals surface area contributed by atoms with Crippen LogP contribution in [0.15, 0.2) is 48.5 Å². The van der Waals surface area contributed by atoms with Crippen LogP contribution < -0.4 is 15.5 Å². The minimum Gasteiger partial charge on any atom is -0.391 e. The van der Waals surface area contributed by atoms with Crippen LogP contribution in [0.3, 0.4) is 0 Å². The van der Waals surface area contributed by atoms with Crippen LogP contribution in [-0.2, 0) is 16.0 Å². The number of fused-ring (bicyclic) bond motifs is 2. The van der Waals surface area contributed by atoms with Crippen molar-refractivity contribution in [2.24, 2.45) is 17.8 Å². The first-order chi connectivity index (χ1) is 18.8. The zero-order valence-electron chi connectivity index (χ0n) is 22.4. The molecule has 3 aliphatic rings. The quantitative estimate of drug-likeness (QED) is 0.429. The summed E-state index contributed by atoms with van der Waals surface area (Å²) in [6, 6.07) is 13.4. The van der Waals surface area contributed by atoms with E-state index in [2.05, 4.69) is 10.6 Å². The Kier molecular flexibility index (Phi) is 8.31. The molecule has 2 aliphatic carbocycles. The largest absolute Gasteiger partial charge is 0.391 e. The van der Waals surface area contributed by atoms with E-state index in [9.17, 15) is 19.5 Å².